The summed E-state index contributed by atoms with van der Waals surface area (Å²) in [6, 6.07) is 4.06. The summed E-state index contributed by atoms with van der Waals surface area (Å²) in [7, 11) is 0. The summed E-state index contributed by atoms with van der Waals surface area (Å²) in [4.78, 5) is 22.0. The Labute approximate surface area is 133 Å². The molecule has 0 unspecified atom stereocenters. The maximum atomic E-state index is 12.0. The lowest BCUT2D eigenvalue weighted by Gasteiger charge is -2.12. The standard InChI is InChI=1S/C15H19N3OS2/c1-9-10(2)17-15(18-11(9)3)21-8-14(19)16-12(4)13-6-5-7-20-13/h5-7,12H,8H2,1-4H3,(H,16,19)/t12-/m1/s1. The number of amides is 1. The van der Waals surface area contributed by atoms with Crippen LogP contribution in [0.15, 0.2) is 22.7 Å². The molecular weight excluding hydrogens is 302 g/mol. The molecule has 0 saturated heterocycles. The molecule has 0 spiro atoms. The van der Waals surface area contributed by atoms with Crippen molar-refractivity contribution in [3.05, 3.63) is 39.3 Å². The number of nitrogens with zero attached hydrogens (tertiary/aromatic N) is 2. The lowest BCUT2D eigenvalue weighted by molar-refractivity contribution is -0.119. The highest BCUT2D eigenvalue weighted by molar-refractivity contribution is 7.99. The van der Waals surface area contributed by atoms with E-state index in [4.69, 9.17) is 0 Å². The smallest absolute Gasteiger partial charge is 0.230 e. The van der Waals surface area contributed by atoms with E-state index in [1.165, 1.54) is 11.8 Å². The van der Waals surface area contributed by atoms with Crippen LogP contribution in [0.3, 0.4) is 0 Å². The second kappa shape index (κ2) is 7.04. The molecule has 1 atom stereocenters. The Kier molecular flexibility index (Phi) is 5.36. The number of rotatable bonds is 5. The molecule has 4 nitrogen and oxygen atoms in total. The molecule has 0 saturated carbocycles. The maximum Gasteiger partial charge on any atom is 0.230 e. The number of aryl methyl sites for hydroxylation is 2. The zero-order chi connectivity index (χ0) is 15.4. The van der Waals surface area contributed by atoms with Gasteiger partial charge in [-0.05, 0) is 44.7 Å². The minimum absolute atomic E-state index is 0.000353. The summed E-state index contributed by atoms with van der Waals surface area (Å²) in [5, 5.41) is 5.66. The zero-order valence-electron chi connectivity index (χ0n) is 12.6. The first-order chi connectivity index (χ1) is 9.97. The Morgan fingerprint density at radius 3 is 2.57 bits per heavy atom. The minimum atomic E-state index is 0.000353. The Hall–Kier alpha value is -1.40. The largest absolute Gasteiger partial charge is 0.348 e. The molecule has 1 amide bonds. The van der Waals surface area contributed by atoms with Gasteiger partial charge in [-0.15, -0.1) is 11.3 Å². The molecule has 0 radical (unpaired) electrons. The second-order valence-corrected chi connectivity index (χ2v) is 6.82. The van der Waals surface area contributed by atoms with Crippen molar-refractivity contribution in [1.29, 1.82) is 0 Å². The van der Waals surface area contributed by atoms with Crippen LogP contribution in [0.25, 0.3) is 0 Å². The van der Waals surface area contributed by atoms with Gasteiger partial charge in [-0.25, -0.2) is 9.97 Å². The number of carbonyl (C=O) groups excluding carboxylic acids is 1. The third kappa shape index (κ3) is 4.28. The van der Waals surface area contributed by atoms with E-state index in [-0.39, 0.29) is 11.9 Å². The van der Waals surface area contributed by atoms with Gasteiger partial charge in [0.2, 0.25) is 5.91 Å². The molecule has 1 N–H and O–H groups in total. The van der Waals surface area contributed by atoms with Crippen molar-refractivity contribution in [3.63, 3.8) is 0 Å². The van der Waals surface area contributed by atoms with Crippen molar-refractivity contribution < 1.29 is 4.79 Å². The summed E-state index contributed by atoms with van der Waals surface area (Å²) >= 11 is 3.02. The molecule has 21 heavy (non-hydrogen) atoms. The Balaban J connectivity index is 1.89. The van der Waals surface area contributed by atoms with Crippen LogP contribution in [0.5, 0.6) is 0 Å². The topological polar surface area (TPSA) is 54.9 Å². The van der Waals surface area contributed by atoms with Crippen molar-refractivity contribution in [2.45, 2.75) is 38.9 Å². The van der Waals surface area contributed by atoms with Gasteiger partial charge in [0.25, 0.3) is 0 Å². The molecule has 112 valence electrons. The number of hydrogen-bond acceptors (Lipinski definition) is 5. The van der Waals surface area contributed by atoms with Crippen molar-refractivity contribution in [3.8, 4) is 0 Å². The van der Waals surface area contributed by atoms with Crippen LogP contribution in [0.2, 0.25) is 0 Å². The fourth-order valence-electron chi connectivity index (χ4n) is 1.83. The molecule has 0 aromatic carbocycles. The van der Waals surface area contributed by atoms with Gasteiger partial charge < -0.3 is 5.32 Å². The highest BCUT2D eigenvalue weighted by Gasteiger charge is 2.12. The number of aromatic nitrogens is 2. The highest BCUT2D eigenvalue weighted by Crippen LogP contribution is 2.20. The quantitative estimate of drug-likeness (QED) is 0.677. The van der Waals surface area contributed by atoms with E-state index in [0.29, 0.717) is 10.9 Å². The first-order valence-corrected chi connectivity index (χ1v) is 8.61. The van der Waals surface area contributed by atoms with Gasteiger partial charge in [-0.1, -0.05) is 17.8 Å². The number of nitrogens with one attached hydrogen (secondary N) is 1. The summed E-state index contributed by atoms with van der Waals surface area (Å²) in [6.45, 7) is 7.93. The molecule has 0 fully saturated rings. The van der Waals surface area contributed by atoms with E-state index in [0.717, 1.165) is 21.8 Å². The van der Waals surface area contributed by atoms with E-state index >= 15 is 0 Å². The van der Waals surface area contributed by atoms with Gasteiger partial charge in [-0.3, -0.25) is 4.79 Å². The summed E-state index contributed by atoms with van der Waals surface area (Å²) < 4.78 is 0. The lowest BCUT2D eigenvalue weighted by atomic mass is 10.2. The molecule has 6 heteroatoms. The van der Waals surface area contributed by atoms with Crippen molar-refractivity contribution in [2.75, 3.05) is 5.75 Å². The van der Waals surface area contributed by atoms with Crippen molar-refractivity contribution >= 4 is 29.0 Å². The predicted octanol–water partition coefficient (Wildman–Crippen LogP) is 3.43. The lowest BCUT2D eigenvalue weighted by Crippen LogP contribution is -2.27. The molecule has 0 aliphatic carbocycles. The molecular formula is C15H19N3OS2. The molecule has 0 bridgehead atoms. The van der Waals surface area contributed by atoms with Crippen LogP contribution in [0, 0.1) is 20.8 Å². The predicted molar refractivity (Wildman–Crippen MR) is 87.8 cm³/mol. The normalized spacial score (nSPS) is 12.2. The summed E-state index contributed by atoms with van der Waals surface area (Å²) in [6.07, 6.45) is 0. The monoisotopic (exact) mass is 321 g/mol. The number of carbonyl (C=O) groups is 1. The Morgan fingerprint density at radius 1 is 1.33 bits per heavy atom. The van der Waals surface area contributed by atoms with Crippen molar-refractivity contribution in [1.82, 2.24) is 15.3 Å². The van der Waals surface area contributed by atoms with Gasteiger partial charge in [-0.2, -0.15) is 0 Å². The number of hydrogen-bond donors (Lipinski definition) is 1. The van der Waals surface area contributed by atoms with E-state index in [1.54, 1.807) is 11.3 Å². The van der Waals surface area contributed by atoms with E-state index in [9.17, 15) is 4.79 Å². The van der Waals surface area contributed by atoms with Gasteiger partial charge in [0, 0.05) is 16.3 Å². The van der Waals surface area contributed by atoms with Crippen LogP contribution in [-0.4, -0.2) is 21.6 Å². The van der Waals surface area contributed by atoms with Gasteiger partial charge in [0.1, 0.15) is 0 Å². The Bertz CT molecular complexity index is 603. The SMILES string of the molecule is Cc1nc(SCC(=O)N[C@H](C)c2cccs2)nc(C)c1C. The molecule has 2 aromatic heterocycles. The van der Waals surface area contributed by atoms with Crippen LogP contribution in [0.1, 0.15) is 34.8 Å². The summed E-state index contributed by atoms with van der Waals surface area (Å²) in [5.74, 6) is 0.331. The van der Waals surface area contributed by atoms with Crippen molar-refractivity contribution in [2.24, 2.45) is 0 Å². The fraction of sp³-hybridized carbons (Fsp3) is 0.400. The molecule has 2 rings (SSSR count). The van der Waals surface area contributed by atoms with E-state index in [2.05, 4.69) is 15.3 Å². The Morgan fingerprint density at radius 2 is 2.00 bits per heavy atom. The number of thioether (sulfide) groups is 1. The maximum absolute atomic E-state index is 12.0. The van der Waals surface area contributed by atoms with E-state index in [1.807, 2.05) is 45.2 Å². The van der Waals surface area contributed by atoms with Crippen LogP contribution >= 0.6 is 23.1 Å². The number of thiophene rings is 1. The third-order valence-electron chi connectivity index (χ3n) is 3.29. The first-order valence-electron chi connectivity index (χ1n) is 6.74. The fourth-order valence-corrected chi connectivity index (χ4v) is 3.31. The highest BCUT2D eigenvalue weighted by atomic mass is 32.2. The van der Waals surface area contributed by atoms with Gasteiger partial charge in [0.15, 0.2) is 5.16 Å². The molecule has 2 aromatic rings. The average molecular weight is 321 g/mol. The second-order valence-electron chi connectivity index (χ2n) is 4.90. The molecule has 0 aliphatic rings. The van der Waals surface area contributed by atoms with Crippen LogP contribution in [0.4, 0.5) is 0 Å². The van der Waals surface area contributed by atoms with Crippen LogP contribution < -0.4 is 5.32 Å². The third-order valence-corrected chi connectivity index (χ3v) is 5.19. The van der Waals surface area contributed by atoms with E-state index < -0.39 is 0 Å². The minimum Gasteiger partial charge on any atom is -0.348 e. The van der Waals surface area contributed by atoms with Gasteiger partial charge >= 0.3 is 0 Å². The summed E-state index contributed by atoms with van der Waals surface area (Å²) in [5.41, 5.74) is 3.05. The molecule has 2 heterocycles. The zero-order valence-corrected chi connectivity index (χ0v) is 14.3. The molecule has 0 aliphatic heterocycles. The first kappa shape index (κ1) is 16.0. The van der Waals surface area contributed by atoms with Crippen LogP contribution in [-0.2, 0) is 4.79 Å². The van der Waals surface area contributed by atoms with Gasteiger partial charge in [0.05, 0.1) is 11.8 Å². The average Bonchev–Trinajstić information content (AvgIpc) is 2.96.